The molecule has 4 rings (SSSR count). The lowest BCUT2D eigenvalue weighted by atomic mass is 9.87. The molecule has 0 saturated carbocycles. The van der Waals surface area contributed by atoms with Crippen molar-refractivity contribution in [2.45, 2.75) is 25.3 Å². The van der Waals surface area contributed by atoms with Crippen LogP contribution in [0.1, 0.15) is 51.0 Å². The van der Waals surface area contributed by atoms with E-state index in [2.05, 4.69) is 20.6 Å². The molecule has 1 aliphatic rings. The van der Waals surface area contributed by atoms with Crippen LogP contribution in [-0.2, 0) is 6.42 Å². The van der Waals surface area contributed by atoms with Crippen LogP contribution in [0.15, 0.2) is 67.0 Å². The molecule has 1 aromatic carbocycles. The molecule has 2 heterocycles. The fourth-order valence-electron chi connectivity index (χ4n) is 3.45. The Bertz CT molecular complexity index is 990. The number of benzene rings is 1. The maximum absolute atomic E-state index is 12.5. The Morgan fingerprint density at radius 3 is 2.29 bits per heavy atom. The Hall–Kier alpha value is -3.54. The van der Waals surface area contributed by atoms with Crippen molar-refractivity contribution in [3.63, 3.8) is 0 Å². The maximum Gasteiger partial charge on any atom is 0.274 e. The molecule has 2 aromatic heterocycles. The molecule has 0 bridgehead atoms. The van der Waals surface area contributed by atoms with Crippen LogP contribution in [0.25, 0.3) is 0 Å². The van der Waals surface area contributed by atoms with Crippen LogP contribution in [-0.4, -0.2) is 21.8 Å². The molecule has 0 saturated heterocycles. The van der Waals surface area contributed by atoms with Crippen molar-refractivity contribution in [1.29, 1.82) is 0 Å². The number of nitrogens with zero attached hydrogens (tertiary/aromatic N) is 2. The maximum atomic E-state index is 12.5. The molecule has 140 valence electrons. The van der Waals surface area contributed by atoms with Gasteiger partial charge in [-0.3, -0.25) is 19.6 Å². The fourth-order valence-corrected chi connectivity index (χ4v) is 3.45. The van der Waals surface area contributed by atoms with Crippen molar-refractivity contribution in [3.8, 4) is 0 Å². The van der Waals surface area contributed by atoms with E-state index in [4.69, 9.17) is 0 Å². The smallest absolute Gasteiger partial charge is 0.274 e. The van der Waals surface area contributed by atoms with Crippen molar-refractivity contribution in [2.24, 2.45) is 0 Å². The molecule has 1 unspecified atom stereocenters. The van der Waals surface area contributed by atoms with E-state index in [9.17, 15) is 9.59 Å². The Morgan fingerprint density at radius 2 is 1.61 bits per heavy atom. The normalized spacial score (nSPS) is 15.4. The number of anilines is 1. The van der Waals surface area contributed by atoms with Crippen LogP contribution in [0.5, 0.6) is 0 Å². The topological polar surface area (TPSA) is 84.0 Å². The van der Waals surface area contributed by atoms with E-state index in [-0.39, 0.29) is 17.9 Å². The minimum absolute atomic E-state index is 0.107. The third-order valence-corrected chi connectivity index (χ3v) is 4.82. The first-order chi connectivity index (χ1) is 13.7. The Labute approximate surface area is 163 Å². The summed E-state index contributed by atoms with van der Waals surface area (Å²) in [7, 11) is 0. The van der Waals surface area contributed by atoms with E-state index in [0.29, 0.717) is 17.1 Å². The SMILES string of the molecule is O=C(Nc1ccc2c(c1)C(NC(=O)c1ccccn1)CCC2)c1ccccn1. The number of aryl methyl sites for hydroxylation is 1. The molecule has 0 fully saturated rings. The second-order valence-electron chi connectivity index (χ2n) is 6.72. The Morgan fingerprint density at radius 1 is 0.893 bits per heavy atom. The predicted octanol–water partition coefficient (Wildman–Crippen LogP) is 3.54. The number of aromatic nitrogens is 2. The monoisotopic (exact) mass is 372 g/mol. The molecular formula is C22H20N4O2. The van der Waals surface area contributed by atoms with Gasteiger partial charge in [-0.05, 0) is 66.8 Å². The predicted molar refractivity (Wildman–Crippen MR) is 106 cm³/mol. The Balaban J connectivity index is 1.54. The molecule has 3 aromatic rings. The first-order valence-corrected chi connectivity index (χ1v) is 9.28. The van der Waals surface area contributed by atoms with Gasteiger partial charge in [0.2, 0.25) is 0 Å². The lowest BCUT2D eigenvalue weighted by Gasteiger charge is -2.27. The third kappa shape index (κ3) is 3.91. The standard InChI is InChI=1S/C22H20N4O2/c27-21(19-7-1-3-12-23-19)25-16-11-10-15-6-5-9-18(17(15)14-16)26-22(28)20-8-2-4-13-24-20/h1-4,7-8,10-14,18H,5-6,9H2,(H,25,27)(H,26,28). The zero-order valence-electron chi connectivity index (χ0n) is 15.3. The minimum Gasteiger partial charge on any atom is -0.344 e. The van der Waals surface area contributed by atoms with Gasteiger partial charge in [0.05, 0.1) is 6.04 Å². The van der Waals surface area contributed by atoms with Crippen LogP contribution in [0.3, 0.4) is 0 Å². The van der Waals surface area contributed by atoms with E-state index < -0.39 is 0 Å². The number of carbonyl (C=O) groups excluding carboxylic acids is 2. The van der Waals surface area contributed by atoms with Gasteiger partial charge < -0.3 is 10.6 Å². The molecule has 6 nitrogen and oxygen atoms in total. The highest BCUT2D eigenvalue weighted by Crippen LogP contribution is 2.32. The summed E-state index contributed by atoms with van der Waals surface area (Å²) < 4.78 is 0. The summed E-state index contributed by atoms with van der Waals surface area (Å²) >= 11 is 0. The van der Waals surface area contributed by atoms with Gasteiger partial charge in [-0.1, -0.05) is 18.2 Å². The fraction of sp³-hybridized carbons (Fsp3) is 0.182. The van der Waals surface area contributed by atoms with Crippen LogP contribution in [0.4, 0.5) is 5.69 Å². The second-order valence-corrected chi connectivity index (χ2v) is 6.72. The molecule has 2 amide bonds. The van der Waals surface area contributed by atoms with Gasteiger partial charge in [-0.25, -0.2) is 0 Å². The summed E-state index contributed by atoms with van der Waals surface area (Å²) in [6.07, 6.45) is 6.00. The van der Waals surface area contributed by atoms with Gasteiger partial charge in [0.1, 0.15) is 11.4 Å². The molecule has 1 atom stereocenters. The van der Waals surface area contributed by atoms with Gasteiger partial charge in [0.25, 0.3) is 11.8 Å². The third-order valence-electron chi connectivity index (χ3n) is 4.82. The molecule has 0 spiro atoms. The van der Waals surface area contributed by atoms with Gasteiger partial charge >= 0.3 is 0 Å². The summed E-state index contributed by atoms with van der Waals surface area (Å²) in [5.41, 5.74) is 3.67. The Kier molecular flexibility index (Phi) is 5.10. The van der Waals surface area contributed by atoms with E-state index in [1.54, 1.807) is 48.8 Å². The summed E-state index contributed by atoms with van der Waals surface area (Å²) in [5, 5.41) is 5.96. The number of pyridine rings is 2. The van der Waals surface area contributed by atoms with E-state index in [1.165, 1.54) is 5.56 Å². The van der Waals surface area contributed by atoms with E-state index in [0.717, 1.165) is 24.8 Å². The highest BCUT2D eigenvalue weighted by atomic mass is 16.2. The average Bonchev–Trinajstić information content (AvgIpc) is 2.75. The number of carbonyl (C=O) groups is 2. The molecular weight excluding hydrogens is 352 g/mol. The summed E-state index contributed by atoms with van der Waals surface area (Å²) in [6.45, 7) is 0. The average molecular weight is 372 g/mol. The zero-order chi connectivity index (χ0) is 19.3. The van der Waals surface area contributed by atoms with E-state index >= 15 is 0 Å². The number of amides is 2. The molecule has 6 heteroatoms. The van der Waals surface area contributed by atoms with Crippen molar-refractivity contribution < 1.29 is 9.59 Å². The van der Waals surface area contributed by atoms with Crippen molar-refractivity contribution in [3.05, 3.63) is 89.5 Å². The quantitative estimate of drug-likeness (QED) is 0.734. The number of rotatable bonds is 4. The van der Waals surface area contributed by atoms with Gasteiger partial charge in [-0.2, -0.15) is 0 Å². The number of fused-ring (bicyclic) bond motifs is 1. The molecule has 0 aliphatic heterocycles. The second kappa shape index (κ2) is 8.00. The number of hydrogen-bond acceptors (Lipinski definition) is 4. The lowest BCUT2D eigenvalue weighted by Crippen LogP contribution is -2.31. The molecule has 0 radical (unpaired) electrons. The molecule has 2 N–H and O–H groups in total. The zero-order valence-corrected chi connectivity index (χ0v) is 15.3. The lowest BCUT2D eigenvalue weighted by molar-refractivity contribution is 0.0927. The highest BCUT2D eigenvalue weighted by Gasteiger charge is 2.23. The van der Waals surface area contributed by atoms with Crippen LogP contribution >= 0.6 is 0 Å². The van der Waals surface area contributed by atoms with Crippen molar-refractivity contribution >= 4 is 17.5 Å². The van der Waals surface area contributed by atoms with Crippen molar-refractivity contribution in [1.82, 2.24) is 15.3 Å². The number of nitrogens with one attached hydrogen (secondary N) is 2. The highest BCUT2D eigenvalue weighted by molar-refractivity contribution is 6.02. The minimum atomic E-state index is -0.259. The van der Waals surface area contributed by atoms with Gasteiger partial charge in [0.15, 0.2) is 0 Å². The van der Waals surface area contributed by atoms with Crippen molar-refractivity contribution in [2.75, 3.05) is 5.32 Å². The van der Waals surface area contributed by atoms with Crippen LogP contribution in [0.2, 0.25) is 0 Å². The first-order valence-electron chi connectivity index (χ1n) is 9.28. The van der Waals surface area contributed by atoms with Gasteiger partial charge in [0, 0.05) is 18.1 Å². The first kappa shape index (κ1) is 17.9. The number of hydrogen-bond donors (Lipinski definition) is 2. The largest absolute Gasteiger partial charge is 0.344 e. The van der Waals surface area contributed by atoms with Crippen LogP contribution < -0.4 is 10.6 Å². The summed E-state index contributed by atoms with van der Waals surface area (Å²) in [6, 6.07) is 16.2. The van der Waals surface area contributed by atoms with Gasteiger partial charge in [-0.15, -0.1) is 0 Å². The summed E-state index contributed by atoms with van der Waals surface area (Å²) in [5.74, 6) is -0.452. The molecule has 1 aliphatic carbocycles. The molecule has 28 heavy (non-hydrogen) atoms. The van der Waals surface area contributed by atoms with E-state index in [1.807, 2.05) is 18.2 Å². The van der Waals surface area contributed by atoms with Crippen LogP contribution in [0, 0.1) is 0 Å². The summed E-state index contributed by atoms with van der Waals surface area (Å²) in [4.78, 5) is 33.1.